The molecule has 13 heavy (non-hydrogen) atoms. The smallest absolute Gasteiger partial charge is 0.238 e. The molecule has 2 unspecified atom stereocenters. The lowest BCUT2D eigenvalue weighted by Gasteiger charge is -2.07. The van der Waals surface area contributed by atoms with Gasteiger partial charge in [-0.25, -0.2) is 0 Å². The normalized spacial score (nSPS) is 24.8. The summed E-state index contributed by atoms with van der Waals surface area (Å²) < 4.78 is 0. The van der Waals surface area contributed by atoms with Crippen LogP contribution in [0.3, 0.4) is 0 Å². The maximum atomic E-state index is 11.2. The highest BCUT2D eigenvalue weighted by Gasteiger charge is 2.34. The minimum atomic E-state index is 0.00644. The Balaban J connectivity index is 2.07. The molecule has 1 aliphatic rings. The lowest BCUT2D eigenvalue weighted by molar-refractivity contribution is -0.122. The summed E-state index contributed by atoms with van der Waals surface area (Å²) in [5.41, 5.74) is 5.13. The van der Waals surface area contributed by atoms with Gasteiger partial charge in [-0.1, -0.05) is 6.92 Å². The fraction of sp³-hybridized carbons (Fsp3) is 0.750. The molecule has 1 fully saturated rings. The third-order valence-electron chi connectivity index (χ3n) is 2.27. The van der Waals surface area contributed by atoms with Crippen molar-refractivity contribution in [1.29, 1.82) is 0 Å². The first-order chi connectivity index (χ1) is 6.13. The van der Waals surface area contributed by atoms with Crippen LogP contribution in [0.15, 0.2) is 0 Å². The van der Waals surface area contributed by atoms with Crippen molar-refractivity contribution in [2.24, 2.45) is 11.8 Å². The number of hydrogen-bond donors (Lipinski definition) is 3. The first-order valence-corrected chi connectivity index (χ1v) is 4.81. The van der Waals surface area contributed by atoms with Crippen molar-refractivity contribution in [3.63, 3.8) is 0 Å². The first kappa shape index (κ1) is 10.2. The molecule has 3 N–H and O–H groups in total. The topological polar surface area (TPSA) is 53.2 Å². The summed E-state index contributed by atoms with van der Waals surface area (Å²) in [7, 11) is 1.70. The van der Waals surface area contributed by atoms with Gasteiger partial charge in [0.15, 0.2) is 5.11 Å². The average Bonchev–Trinajstić information content (AvgIpc) is 2.77. The van der Waals surface area contributed by atoms with Crippen molar-refractivity contribution in [3.05, 3.63) is 0 Å². The Bertz CT molecular complexity index is 219. The zero-order chi connectivity index (χ0) is 9.84. The molecule has 0 aliphatic heterocycles. The van der Waals surface area contributed by atoms with Crippen molar-refractivity contribution < 1.29 is 4.79 Å². The molecule has 0 aromatic heterocycles. The quantitative estimate of drug-likeness (QED) is 0.440. The summed E-state index contributed by atoms with van der Waals surface area (Å²) in [5.74, 6) is 1.29. The van der Waals surface area contributed by atoms with Crippen LogP contribution in [0.4, 0.5) is 0 Å². The third-order valence-corrected chi connectivity index (χ3v) is 2.57. The number of thiocarbonyl (C=S) groups is 1. The van der Waals surface area contributed by atoms with E-state index < -0.39 is 0 Å². The molecule has 0 saturated heterocycles. The Morgan fingerprint density at radius 3 is 2.62 bits per heavy atom. The van der Waals surface area contributed by atoms with Gasteiger partial charge in [0, 0.05) is 13.5 Å². The molecule has 1 rings (SSSR count). The molecular formula is C8H15N3OS. The number of amides is 1. The monoisotopic (exact) mass is 201 g/mol. The van der Waals surface area contributed by atoms with Gasteiger partial charge in [0.1, 0.15) is 0 Å². The van der Waals surface area contributed by atoms with E-state index in [1.54, 1.807) is 7.05 Å². The molecular weight excluding hydrogens is 186 g/mol. The van der Waals surface area contributed by atoms with Gasteiger partial charge in [0.25, 0.3) is 0 Å². The summed E-state index contributed by atoms with van der Waals surface area (Å²) in [6, 6.07) is 0. The Morgan fingerprint density at radius 2 is 2.15 bits per heavy atom. The fourth-order valence-corrected chi connectivity index (χ4v) is 1.21. The van der Waals surface area contributed by atoms with Crippen LogP contribution in [0, 0.1) is 11.8 Å². The Labute approximate surface area is 83.4 Å². The Hall–Kier alpha value is -0.840. The van der Waals surface area contributed by atoms with Gasteiger partial charge in [-0.05, 0) is 30.5 Å². The lowest BCUT2D eigenvalue weighted by atomic mass is 10.2. The zero-order valence-corrected chi connectivity index (χ0v) is 8.70. The van der Waals surface area contributed by atoms with Crippen LogP contribution in [0.5, 0.6) is 0 Å². The second kappa shape index (κ2) is 4.41. The second-order valence-corrected chi connectivity index (χ2v) is 3.84. The van der Waals surface area contributed by atoms with Crippen LogP contribution in [0.1, 0.15) is 19.8 Å². The predicted octanol–water partition coefficient (Wildman–Crippen LogP) is 0.158. The Kier molecular flexibility index (Phi) is 3.48. The van der Waals surface area contributed by atoms with E-state index in [2.05, 4.69) is 23.1 Å². The molecule has 0 bridgehead atoms. The van der Waals surface area contributed by atoms with E-state index in [1.165, 1.54) is 6.42 Å². The number of carbonyl (C=O) groups is 1. The van der Waals surface area contributed by atoms with E-state index in [0.717, 1.165) is 0 Å². The van der Waals surface area contributed by atoms with Gasteiger partial charge in [-0.2, -0.15) is 0 Å². The van der Waals surface area contributed by atoms with Crippen molar-refractivity contribution in [1.82, 2.24) is 16.2 Å². The van der Waals surface area contributed by atoms with Crippen LogP contribution in [0.25, 0.3) is 0 Å². The molecule has 1 saturated carbocycles. The highest BCUT2D eigenvalue weighted by molar-refractivity contribution is 7.80. The van der Waals surface area contributed by atoms with Crippen molar-refractivity contribution in [3.8, 4) is 0 Å². The summed E-state index contributed by atoms with van der Waals surface area (Å²) in [6.07, 6.45) is 1.77. The van der Waals surface area contributed by atoms with Crippen molar-refractivity contribution in [2.75, 3.05) is 7.05 Å². The van der Waals surface area contributed by atoms with Gasteiger partial charge in [0.05, 0.1) is 0 Å². The molecule has 0 heterocycles. The molecule has 0 aromatic rings. The summed E-state index contributed by atoms with van der Waals surface area (Å²) in [6.45, 7) is 2.16. The van der Waals surface area contributed by atoms with E-state index in [1.807, 2.05) is 0 Å². The van der Waals surface area contributed by atoms with E-state index in [-0.39, 0.29) is 5.91 Å². The lowest BCUT2D eigenvalue weighted by Crippen LogP contribution is -2.45. The largest absolute Gasteiger partial charge is 0.364 e. The summed E-state index contributed by atoms with van der Waals surface area (Å²) in [4.78, 5) is 11.2. The highest BCUT2D eigenvalue weighted by atomic mass is 32.1. The molecule has 5 heteroatoms. The third kappa shape index (κ3) is 3.59. The molecule has 1 amide bonds. The van der Waals surface area contributed by atoms with E-state index >= 15 is 0 Å². The van der Waals surface area contributed by atoms with E-state index in [4.69, 9.17) is 12.2 Å². The SMILES string of the molecule is CNC(=S)NNC(=O)CC1CC1C. The van der Waals surface area contributed by atoms with Crippen LogP contribution < -0.4 is 16.2 Å². The number of nitrogens with one attached hydrogen (secondary N) is 3. The van der Waals surface area contributed by atoms with Crippen LogP contribution >= 0.6 is 12.2 Å². The molecule has 2 atom stereocenters. The van der Waals surface area contributed by atoms with Gasteiger partial charge in [0.2, 0.25) is 5.91 Å². The van der Waals surface area contributed by atoms with Crippen LogP contribution in [-0.4, -0.2) is 18.1 Å². The fourth-order valence-electron chi connectivity index (χ4n) is 1.16. The minimum Gasteiger partial charge on any atom is -0.364 e. The van der Waals surface area contributed by atoms with Crippen LogP contribution in [0.2, 0.25) is 0 Å². The number of hydrogen-bond acceptors (Lipinski definition) is 2. The second-order valence-electron chi connectivity index (χ2n) is 3.43. The van der Waals surface area contributed by atoms with E-state index in [0.29, 0.717) is 23.4 Å². The molecule has 0 spiro atoms. The maximum Gasteiger partial charge on any atom is 0.238 e. The van der Waals surface area contributed by atoms with Crippen molar-refractivity contribution >= 4 is 23.2 Å². The standard InChI is InChI=1S/C8H15N3OS/c1-5-3-6(5)4-7(12)10-11-8(13)9-2/h5-6H,3-4H2,1-2H3,(H,10,12)(H2,9,11,13). The van der Waals surface area contributed by atoms with E-state index in [9.17, 15) is 4.79 Å². The van der Waals surface area contributed by atoms with Crippen molar-refractivity contribution in [2.45, 2.75) is 19.8 Å². The Morgan fingerprint density at radius 1 is 1.54 bits per heavy atom. The first-order valence-electron chi connectivity index (χ1n) is 4.40. The average molecular weight is 201 g/mol. The predicted molar refractivity (Wildman–Crippen MR) is 54.8 cm³/mol. The maximum absolute atomic E-state index is 11.2. The highest BCUT2D eigenvalue weighted by Crippen LogP contribution is 2.40. The van der Waals surface area contributed by atoms with Crippen LogP contribution in [-0.2, 0) is 4.79 Å². The number of rotatable bonds is 2. The molecule has 0 aromatic carbocycles. The number of hydrazine groups is 1. The molecule has 4 nitrogen and oxygen atoms in total. The summed E-state index contributed by atoms with van der Waals surface area (Å²) in [5, 5.41) is 3.13. The van der Waals surface area contributed by atoms with Gasteiger partial charge < -0.3 is 5.32 Å². The molecule has 74 valence electrons. The zero-order valence-electron chi connectivity index (χ0n) is 7.89. The molecule has 0 radical (unpaired) electrons. The summed E-state index contributed by atoms with van der Waals surface area (Å²) >= 11 is 4.79. The number of carbonyl (C=O) groups excluding carboxylic acids is 1. The van der Waals surface area contributed by atoms with Gasteiger partial charge >= 0.3 is 0 Å². The molecule has 1 aliphatic carbocycles. The van der Waals surface area contributed by atoms with Gasteiger partial charge in [-0.15, -0.1) is 0 Å². The van der Waals surface area contributed by atoms with Gasteiger partial charge in [-0.3, -0.25) is 15.6 Å². The minimum absolute atomic E-state index is 0.00644.